The van der Waals surface area contributed by atoms with E-state index in [9.17, 15) is 5.11 Å². The Labute approximate surface area is 133 Å². The van der Waals surface area contributed by atoms with E-state index >= 15 is 0 Å². The Morgan fingerprint density at radius 1 is 0.955 bits per heavy atom. The summed E-state index contributed by atoms with van der Waals surface area (Å²) in [5, 5.41) is 9.52. The first kappa shape index (κ1) is 15.1. The second-order valence-corrected chi connectivity index (χ2v) is 5.58. The molecule has 1 N–H and O–H groups in total. The zero-order valence-electron chi connectivity index (χ0n) is 12.0. The van der Waals surface area contributed by atoms with Gasteiger partial charge in [0.25, 0.3) is 0 Å². The van der Waals surface area contributed by atoms with Crippen LogP contribution in [0.25, 0.3) is 0 Å². The largest absolute Gasteiger partial charge is 0.477 e. The van der Waals surface area contributed by atoms with Crippen LogP contribution in [0.4, 0.5) is 0 Å². The molecule has 2 atom stereocenters. The molecular formula is C16H17ClN2O3. The summed E-state index contributed by atoms with van der Waals surface area (Å²) in [6.07, 6.45) is 4.52. The van der Waals surface area contributed by atoms with Crippen molar-refractivity contribution in [3.8, 4) is 11.8 Å². The molecule has 4 rings (SSSR count). The van der Waals surface area contributed by atoms with Gasteiger partial charge in [0.2, 0.25) is 11.8 Å². The van der Waals surface area contributed by atoms with Crippen molar-refractivity contribution < 1.29 is 14.6 Å². The van der Waals surface area contributed by atoms with E-state index < -0.39 is 6.10 Å². The third-order valence-corrected chi connectivity index (χ3v) is 3.99. The Morgan fingerprint density at radius 2 is 1.55 bits per heavy atom. The highest BCUT2D eigenvalue weighted by Crippen LogP contribution is 2.33. The highest BCUT2D eigenvalue weighted by atomic mass is 35.5. The van der Waals surface area contributed by atoms with Gasteiger partial charge < -0.3 is 14.6 Å². The minimum atomic E-state index is -0.396. The normalized spacial score (nSPS) is 22.1. The van der Waals surface area contributed by atoms with Crippen molar-refractivity contribution in [3.63, 3.8) is 0 Å². The number of alkyl halides is 1. The number of halogens is 1. The molecule has 116 valence electrons. The Morgan fingerprint density at radius 3 is 2.18 bits per heavy atom. The van der Waals surface area contributed by atoms with Crippen molar-refractivity contribution >= 4 is 11.6 Å². The molecule has 0 bridgehead atoms. The van der Waals surface area contributed by atoms with E-state index in [1.807, 2.05) is 18.2 Å². The van der Waals surface area contributed by atoms with Crippen LogP contribution >= 0.6 is 11.6 Å². The van der Waals surface area contributed by atoms with Gasteiger partial charge in [-0.25, -0.2) is 9.97 Å². The molecule has 2 aliphatic rings. The lowest BCUT2D eigenvalue weighted by molar-refractivity contribution is 0.112. The summed E-state index contributed by atoms with van der Waals surface area (Å²) in [6, 6.07) is 7.48. The van der Waals surface area contributed by atoms with Gasteiger partial charge in [-0.15, -0.1) is 11.6 Å². The summed E-state index contributed by atoms with van der Waals surface area (Å²) < 4.78 is 10.5. The molecule has 6 heteroatoms. The number of hydrogen-bond acceptors (Lipinski definition) is 5. The predicted octanol–water partition coefficient (Wildman–Crippen LogP) is 3.04. The first-order valence-electron chi connectivity index (χ1n) is 7.23. The van der Waals surface area contributed by atoms with Crippen molar-refractivity contribution in [3.05, 3.63) is 47.8 Å². The van der Waals surface area contributed by atoms with Crippen LogP contribution in [-0.2, 0) is 0 Å². The third kappa shape index (κ3) is 3.31. The van der Waals surface area contributed by atoms with Gasteiger partial charge in [-0.2, -0.15) is 0 Å². The highest BCUT2D eigenvalue weighted by molar-refractivity contribution is 6.21. The molecule has 0 radical (unpaired) electrons. The Kier molecular flexibility index (Phi) is 4.75. The number of ether oxygens (including phenoxy) is 2. The number of fused-ring (bicyclic) bond motifs is 2. The molecule has 2 aromatic heterocycles. The molecule has 0 aromatic carbocycles. The SMILES string of the molecule is ClC1CCOc2ncccc21.OC1CCOc2ncccc21. The second-order valence-electron chi connectivity index (χ2n) is 5.05. The maximum Gasteiger partial charge on any atom is 0.219 e. The van der Waals surface area contributed by atoms with Crippen LogP contribution in [0.5, 0.6) is 11.8 Å². The quantitative estimate of drug-likeness (QED) is 0.756. The molecule has 4 heterocycles. The maximum atomic E-state index is 9.44. The van der Waals surface area contributed by atoms with Crippen LogP contribution in [0.1, 0.15) is 35.4 Å². The average Bonchev–Trinajstić information content (AvgIpc) is 2.57. The summed E-state index contributed by atoms with van der Waals surface area (Å²) in [7, 11) is 0. The maximum absolute atomic E-state index is 9.44. The number of aliphatic hydroxyl groups is 1. The van der Waals surface area contributed by atoms with Crippen molar-refractivity contribution in [2.75, 3.05) is 13.2 Å². The standard InChI is InChI=1S/C8H8ClNO.C8H9NO2/c9-7-3-5-11-8-6(7)2-1-4-10-8;10-7-3-5-11-8-6(7)2-1-4-9-8/h1-2,4,7H,3,5H2;1-2,4,7,10H,3,5H2. The molecular weight excluding hydrogens is 304 g/mol. The van der Waals surface area contributed by atoms with Gasteiger partial charge in [-0.3, -0.25) is 0 Å². The topological polar surface area (TPSA) is 64.5 Å². The first-order valence-corrected chi connectivity index (χ1v) is 7.67. The molecule has 22 heavy (non-hydrogen) atoms. The summed E-state index contributed by atoms with van der Waals surface area (Å²) in [4.78, 5) is 8.05. The van der Waals surface area contributed by atoms with Gasteiger partial charge >= 0.3 is 0 Å². The van der Waals surface area contributed by atoms with Crippen LogP contribution < -0.4 is 9.47 Å². The fraction of sp³-hybridized carbons (Fsp3) is 0.375. The zero-order valence-corrected chi connectivity index (χ0v) is 12.7. The molecule has 0 aliphatic carbocycles. The molecule has 2 aliphatic heterocycles. The van der Waals surface area contributed by atoms with Gasteiger partial charge in [-0.05, 0) is 18.2 Å². The van der Waals surface area contributed by atoms with Crippen LogP contribution in [0.3, 0.4) is 0 Å². The third-order valence-electron chi connectivity index (χ3n) is 3.54. The lowest BCUT2D eigenvalue weighted by Crippen LogP contribution is -2.14. The van der Waals surface area contributed by atoms with Gasteiger partial charge in [-0.1, -0.05) is 6.07 Å². The molecule has 0 saturated heterocycles. The van der Waals surface area contributed by atoms with Crippen molar-refractivity contribution in [1.82, 2.24) is 9.97 Å². The average molecular weight is 321 g/mol. The zero-order chi connectivity index (χ0) is 15.4. The first-order chi connectivity index (χ1) is 10.8. The summed E-state index contributed by atoms with van der Waals surface area (Å²) in [5.74, 6) is 1.27. The lowest BCUT2D eigenvalue weighted by atomic mass is 10.1. The summed E-state index contributed by atoms with van der Waals surface area (Å²) in [6.45, 7) is 1.24. The molecule has 2 unspecified atom stereocenters. The Bertz CT molecular complexity index is 583. The molecule has 5 nitrogen and oxygen atoms in total. The van der Waals surface area contributed by atoms with Gasteiger partial charge in [0, 0.05) is 36.4 Å². The number of pyridine rings is 2. The summed E-state index contributed by atoms with van der Waals surface area (Å²) >= 11 is 6.03. The monoisotopic (exact) mass is 320 g/mol. The number of aliphatic hydroxyl groups excluding tert-OH is 1. The summed E-state index contributed by atoms with van der Waals surface area (Å²) in [5.41, 5.74) is 1.82. The molecule has 2 aromatic rings. The van der Waals surface area contributed by atoms with E-state index in [1.54, 1.807) is 18.5 Å². The van der Waals surface area contributed by atoms with Crippen molar-refractivity contribution in [2.45, 2.75) is 24.3 Å². The minimum Gasteiger partial charge on any atom is -0.477 e. The van der Waals surface area contributed by atoms with E-state index in [0.29, 0.717) is 31.4 Å². The van der Waals surface area contributed by atoms with E-state index in [2.05, 4.69) is 9.97 Å². The van der Waals surface area contributed by atoms with Gasteiger partial charge in [0.15, 0.2) is 0 Å². The minimum absolute atomic E-state index is 0.0763. The van der Waals surface area contributed by atoms with Crippen LogP contribution in [-0.4, -0.2) is 28.3 Å². The van der Waals surface area contributed by atoms with E-state index in [-0.39, 0.29) is 5.38 Å². The Hall–Kier alpha value is -1.85. The number of hydrogen-bond donors (Lipinski definition) is 1. The highest BCUT2D eigenvalue weighted by Gasteiger charge is 2.19. The number of rotatable bonds is 0. The number of nitrogens with zero attached hydrogens (tertiary/aromatic N) is 2. The van der Waals surface area contributed by atoms with Crippen LogP contribution in [0.15, 0.2) is 36.7 Å². The van der Waals surface area contributed by atoms with Crippen LogP contribution in [0, 0.1) is 0 Å². The van der Waals surface area contributed by atoms with Crippen LogP contribution in [0.2, 0.25) is 0 Å². The lowest BCUT2D eigenvalue weighted by Gasteiger charge is -2.19. The van der Waals surface area contributed by atoms with Gasteiger partial charge in [0.05, 0.1) is 24.7 Å². The van der Waals surface area contributed by atoms with Crippen molar-refractivity contribution in [2.24, 2.45) is 0 Å². The fourth-order valence-electron chi connectivity index (χ4n) is 2.38. The Balaban J connectivity index is 0.000000131. The molecule has 0 fully saturated rings. The smallest absolute Gasteiger partial charge is 0.219 e. The van der Waals surface area contributed by atoms with E-state index in [4.69, 9.17) is 21.1 Å². The van der Waals surface area contributed by atoms with E-state index in [0.717, 1.165) is 17.5 Å². The molecule has 0 spiro atoms. The molecule has 0 amide bonds. The van der Waals surface area contributed by atoms with E-state index in [1.165, 1.54) is 0 Å². The second kappa shape index (κ2) is 6.94. The van der Waals surface area contributed by atoms with Gasteiger partial charge in [0.1, 0.15) is 0 Å². The number of aromatic nitrogens is 2. The fourth-order valence-corrected chi connectivity index (χ4v) is 2.63. The van der Waals surface area contributed by atoms with Crippen molar-refractivity contribution in [1.29, 1.82) is 0 Å². The predicted molar refractivity (Wildman–Crippen MR) is 82.3 cm³/mol. The molecule has 0 saturated carbocycles.